The van der Waals surface area contributed by atoms with E-state index in [1.54, 1.807) is 6.92 Å². The first kappa shape index (κ1) is 14.5. The van der Waals surface area contributed by atoms with Crippen LogP contribution in [0.5, 0.6) is 0 Å². The second-order valence-electron chi connectivity index (χ2n) is 5.16. The van der Waals surface area contributed by atoms with E-state index in [1.807, 2.05) is 4.90 Å². The fraction of sp³-hybridized carbons (Fsp3) is 0.923. The summed E-state index contributed by atoms with van der Waals surface area (Å²) < 4.78 is 0. The van der Waals surface area contributed by atoms with Crippen LogP contribution in [-0.4, -0.2) is 40.6 Å². The molecular weight excluding hydrogens is 216 g/mol. The summed E-state index contributed by atoms with van der Waals surface area (Å²) in [5, 5.41) is 9.42. The number of carbonyl (C=O) groups is 1. The number of unbranched alkanes of at least 4 members (excludes halogenated alkanes) is 1. The first-order valence-corrected chi connectivity index (χ1v) is 6.80. The third-order valence-corrected chi connectivity index (χ3v) is 3.46. The van der Waals surface area contributed by atoms with Gasteiger partial charge in [-0.2, -0.15) is 0 Å². The lowest BCUT2D eigenvalue weighted by atomic mass is 10.1. The molecule has 1 aliphatic heterocycles. The Kier molecular flexibility index (Phi) is 5.92. The molecule has 1 aliphatic rings. The Labute approximate surface area is 104 Å². The van der Waals surface area contributed by atoms with Gasteiger partial charge in [0.1, 0.15) is 0 Å². The molecule has 3 N–H and O–H groups in total. The van der Waals surface area contributed by atoms with Crippen LogP contribution in [0.1, 0.15) is 52.4 Å². The molecule has 2 unspecified atom stereocenters. The normalized spacial score (nSPS) is 23.8. The number of hydrogen-bond donors (Lipinski definition) is 2. The monoisotopic (exact) mass is 242 g/mol. The molecule has 1 rings (SSSR count). The predicted molar refractivity (Wildman–Crippen MR) is 68.5 cm³/mol. The number of aliphatic hydroxyl groups is 1. The van der Waals surface area contributed by atoms with Gasteiger partial charge in [0.2, 0.25) is 5.91 Å². The summed E-state index contributed by atoms with van der Waals surface area (Å²) in [4.78, 5) is 14.0. The molecule has 0 aliphatic carbocycles. The molecule has 1 saturated heterocycles. The van der Waals surface area contributed by atoms with Crippen molar-refractivity contribution in [2.45, 2.75) is 70.6 Å². The fourth-order valence-corrected chi connectivity index (χ4v) is 2.53. The Bertz CT molecular complexity index is 244. The summed E-state index contributed by atoms with van der Waals surface area (Å²) >= 11 is 0. The summed E-state index contributed by atoms with van der Waals surface area (Å²) in [5.74, 6) is 0.0709. The van der Waals surface area contributed by atoms with Gasteiger partial charge < -0.3 is 15.7 Å². The van der Waals surface area contributed by atoms with Crippen LogP contribution in [0.4, 0.5) is 0 Å². The molecule has 4 heteroatoms. The lowest BCUT2D eigenvalue weighted by Gasteiger charge is -2.28. The van der Waals surface area contributed by atoms with E-state index in [2.05, 4.69) is 6.92 Å². The van der Waals surface area contributed by atoms with E-state index in [0.717, 1.165) is 38.6 Å². The first-order valence-electron chi connectivity index (χ1n) is 6.80. The van der Waals surface area contributed by atoms with Crippen LogP contribution in [0.15, 0.2) is 0 Å². The number of nitrogens with two attached hydrogens (primary N) is 1. The summed E-state index contributed by atoms with van der Waals surface area (Å²) in [6, 6.07) is -0.167. The highest BCUT2D eigenvalue weighted by Gasteiger charge is 2.31. The van der Waals surface area contributed by atoms with Crippen LogP contribution in [0.3, 0.4) is 0 Å². The summed E-state index contributed by atoms with van der Waals surface area (Å²) in [6.07, 6.45) is 5.19. The maximum Gasteiger partial charge on any atom is 0.239 e. The number of likely N-dealkylation sites (tertiary alicyclic amines) is 1. The average molecular weight is 242 g/mol. The quantitative estimate of drug-likeness (QED) is 0.737. The van der Waals surface area contributed by atoms with Gasteiger partial charge in [0.05, 0.1) is 12.1 Å². The molecule has 0 bridgehead atoms. The van der Waals surface area contributed by atoms with Gasteiger partial charge in [-0.1, -0.05) is 19.8 Å². The minimum absolute atomic E-state index is 0.0709. The second-order valence-corrected chi connectivity index (χ2v) is 5.16. The van der Waals surface area contributed by atoms with E-state index in [9.17, 15) is 9.90 Å². The number of nitrogens with zero attached hydrogens (tertiary/aromatic N) is 1. The minimum atomic E-state index is -0.357. The Morgan fingerprint density at radius 3 is 2.88 bits per heavy atom. The lowest BCUT2D eigenvalue weighted by Crippen LogP contribution is -2.46. The van der Waals surface area contributed by atoms with E-state index in [0.29, 0.717) is 6.42 Å². The molecule has 0 radical (unpaired) electrons. The van der Waals surface area contributed by atoms with Crippen molar-refractivity contribution in [3.05, 3.63) is 0 Å². The zero-order valence-electron chi connectivity index (χ0n) is 11.1. The number of hydrogen-bond acceptors (Lipinski definition) is 3. The van der Waals surface area contributed by atoms with Crippen LogP contribution >= 0.6 is 0 Å². The first-order chi connectivity index (χ1) is 8.06. The molecule has 100 valence electrons. The Morgan fingerprint density at radius 2 is 2.29 bits per heavy atom. The van der Waals surface area contributed by atoms with Gasteiger partial charge in [0.25, 0.3) is 0 Å². The van der Waals surface area contributed by atoms with E-state index < -0.39 is 0 Å². The molecular formula is C13H26N2O2. The SMILES string of the molecule is CCCC[C@H](N)C(=O)N1CCCC1CC(C)O. The Hall–Kier alpha value is -0.610. The highest BCUT2D eigenvalue weighted by molar-refractivity contribution is 5.82. The molecule has 0 aromatic carbocycles. The van der Waals surface area contributed by atoms with Gasteiger partial charge >= 0.3 is 0 Å². The minimum Gasteiger partial charge on any atom is -0.393 e. The van der Waals surface area contributed by atoms with Crippen LogP contribution < -0.4 is 5.73 Å². The van der Waals surface area contributed by atoms with Crippen LogP contribution in [0, 0.1) is 0 Å². The third kappa shape index (κ3) is 4.28. The molecule has 1 fully saturated rings. The van der Waals surface area contributed by atoms with Crippen molar-refractivity contribution in [1.82, 2.24) is 4.90 Å². The van der Waals surface area contributed by atoms with Crippen LogP contribution in [0.25, 0.3) is 0 Å². The van der Waals surface area contributed by atoms with E-state index in [4.69, 9.17) is 5.73 Å². The standard InChI is InChI=1S/C13H26N2O2/c1-3-4-7-12(14)13(17)15-8-5-6-11(15)9-10(2)16/h10-12,16H,3-9,14H2,1-2H3/t10?,11?,12-/m0/s1. The second kappa shape index (κ2) is 6.97. The van der Waals surface area contributed by atoms with E-state index in [-0.39, 0.29) is 24.1 Å². The lowest BCUT2D eigenvalue weighted by molar-refractivity contribution is -0.134. The molecule has 0 aromatic heterocycles. The van der Waals surface area contributed by atoms with Gasteiger partial charge in [-0.05, 0) is 32.6 Å². The van der Waals surface area contributed by atoms with E-state index >= 15 is 0 Å². The summed E-state index contributed by atoms with van der Waals surface area (Å²) in [6.45, 7) is 4.68. The van der Waals surface area contributed by atoms with Gasteiger partial charge in [0.15, 0.2) is 0 Å². The summed E-state index contributed by atoms with van der Waals surface area (Å²) in [7, 11) is 0. The smallest absolute Gasteiger partial charge is 0.239 e. The topological polar surface area (TPSA) is 66.6 Å². The zero-order valence-corrected chi connectivity index (χ0v) is 11.1. The number of amides is 1. The average Bonchev–Trinajstić information content (AvgIpc) is 2.71. The maximum atomic E-state index is 12.2. The van der Waals surface area contributed by atoms with Crippen molar-refractivity contribution in [1.29, 1.82) is 0 Å². The van der Waals surface area contributed by atoms with Crippen molar-refractivity contribution < 1.29 is 9.90 Å². The van der Waals surface area contributed by atoms with Gasteiger partial charge in [-0.3, -0.25) is 4.79 Å². The Morgan fingerprint density at radius 1 is 1.59 bits per heavy atom. The van der Waals surface area contributed by atoms with Gasteiger partial charge in [0, 0.05) is 12.6 Å². The fourth-order valence-electron chi connectivity index (χ4n) is 2.53. The molecule has 4 nitrogen and oxygen atoms in total. The van der Waals surface area contributed by atoms with Gasteiger partial charge in [-0.25, -0.2) is 0 Å². The number of aliphatic hydroxyl groups excluding tert-OH is 1. The third-order valence-electron chi connectivity index (χ3n) is 3.46. The van der Waals surface area contributed by atoms with Crippen LogP contribution in [-0.2, 0) is 4.79 Å². The predicted octanol–water partition coefficient (Wildman–Crippen LogP) is 1.27. The number of rotatable bonds is 6. The number of carbonyl (C=O) groups excluding carboxylic acids is 1. The van der Waals surface area contributed by atoms with Crippen molar-refractivity contribution in [3.8, 4) is 0 Å². The van der Waals surface area contributed by atoms with Crippen molar-refractivity contribution in [2.75, 3.05) is 6.54 Å². The highest BCUT2D eigenvalue weighted by Crippen LogP contribution is 2.22. The van der Waals surface area contributed by atoms with Gasteiger partial charge in [-0.15, -0.1) is 0 Å². The largest absolute Gasteiger partial charge is 0.393 e. The van der Waals surface area contributed by atoms with Crippen molar-refractivity contribution in [2.24, 2.45) is 5.73 Å². The van der Waals surface area contributed by atoms with Crippen LogP contribution in [0.2, 0.25) is 0 Å². The molecule has 1 amide bonds. The summed E-state index contributed by atoms with van der Waals surface area (Å²) in [5.41, 5.74) is 5.92. The molecule has 1 heterocycles. The highest BCUT2D eigenvalue weighted by atomic mass is 16.3. The van der Waals surface area contributed by atoms with Crippen molar-refractivity contribution >= 4 is 5.91 Å². The maximum absolute atomic E-state index is 12.2. The zero-order chi connectivity index (χ0) is 12.8. The molecule has 0 spiro atoms. The Balaban J connectivity index is 2.49. The molecule has 17 heavy (non-hydrogen) atoms. The van der Waals surface area contributed by atoms with Crippen molar-refractivity contribution in [3.63, 3.8) is 0 Å². The van der Waals surface area contributed by atoms with E-state index in [1.165, 1.54) is 0 Å². The molecule has 0 aromatic rings. The molecule has 3 atom stereocenters. The molecule has 0 saturated carbocycles.